The maximum Gasteiger partial charge on any atom is 0.132 e. The summed E-state index contributed by atoms with van der Waals surface area (Å²) in [5.41, 5.74) is 8.39. The second-order valence-corrected chi connectivity index (χ2v) is 11.7. The lowest BCUT2D eigenvalue weighted by molar-refractivity contribution is -0.119. The Bertz CT molecular complexity index is 1040. The van der Waals surface area contributed by atoms with Crippen molar-refractivity contribution in [2.75, 3.05) is 31.1 Å². The van der Waals surface area contributed by atoms with Gasteiger partial charge in [0, 0.05) is 37.7 Å². The summed E-state index contributed by atoms with van der Waals surface area (Å²) in [6.45, 7) is 17.6. The van der Waals surface area contributed by atoms with Crippen molar-refractivity contribution in [2.24, 2.45) is 5.92 Å². The average molecular weight is 501 g/mol. The van der Waals surface area contributed by atoms with Gasteiger partial charge in [-0.1, -0.05) is 55.0 Å². The summed E-state index contributed by atoms with van der Waals surface area (Å²) in [5, 5.41) is 0. The topological polar surface area (TPSA) is 23.6 Å². The molecule has 2 saturated heterocycles. The highest BCUT2D eigenvalue weighted by Crippen LogP contribution is 2.35. The van der Waals surface area contributed by atoms with Crippen LogP contribution in [0.4, 0.5) is 5.69 Å². The van der Waals surface area contributed by atoms with Crippen molar-refractivity contribution in [3.63, 3.8) is 0 Å². The van der Waals surface area contributed by atoms with Gasteiger partial charge in [0.2, 0.25) is 0 Å². The van der Waals surface area contributed by atoms with Crippen LogP contribution in [0.5, 0.6) is 0 Å². The van der Waals surface area contributed by atoms with Crippen LogP contribution < -0.4 is 4.90 Å². The molecule has 2 aliphatic heterocycles. The Labute approximate surface area is 225 Å². The Kier molecular flexibility index (Phi) is 9.65. The summed E-state index contributed by atoms with van der Waals surface area (Å²) < 4.78 is 0. The number of hydrogen-bond acceptors (Lipinski definition) is 3. The molecule has 0 amide bonds. The first-order chi connectivity index (χ1) is 17.9. The minimum absolute atomic E-state index is 0.365. The molecule has 37 heavy (non-hydrogen) atoms. The Hall–Kier alpha value is -2.39. The van der Waals surface area contributed by atoms with E-state index in [9.17, 15) is 4.79 Å². The van der Waals surface area contributed by atoms with E-state index >= 15 is 0 Å². The van der Waals surface area contributed by atoms with E-state index in [0.29, 0.717) is 30.5 Å². The van der Waals surface area contributed by atoms with Gasteiger partial charge < -0.3 is 9.80 Å². The fourth-order valence-corrected chi connectivity index (χ4v) is 6.49. The predicted molar refractivity (Wildman–Crippen MR) is 158 cm³/mol. The van der Waals surface area contributed by atoms with Gasteiger partial charge in [0.15, 0.2) is 0 Å². The molecule has 0 N–H and O–H groups in total. The summed E-state index contributed by atoms with van der Waals surface area (Å²) in [6.07, 6.45) is 8.31. The average Bonchev–Trinajstić information content (AvgIpc) is 2.92. The molecule has 2 aromatic rings. The number of ketones is 1. The Morgan fingerprint density at radius 2 is 1.65 bits per heavy atom. The maximum absolute atomic E-state index is 11.9. The largest absolute Gasteiger partial charge is 0.371 e. The van der Waals surface area contributed by atoms with Crippen LogP contribution in [0.3, 0.4) is 0 Å². The van der Waals surface area contributed by atoms with Gasteiger partial charge in [0.25, 0.3) is 0 Å². The van der Waals surface area contributed by atoms with Crippen LogP contribution >= 0.6 is 0 Å². The first-order valence-corrected chi connectivity index (χ1v) is 14.7. The molecule has 200 valence electrons. The van der Waals surface area contributed by atoms with Crippen molar-refractivity contribution in [3.8, 4) is 0 Å². The highest BCUT2D eigenvalue weighted by molar-refractivity contribution is 5.78. The number of carbonyl (C=O) groups is 1. The summed E-state index contributed by atoms with van der Waals surface area (Å²) in [4.78, 5) is 17.3. The van der Waals surface area contributed by atoms with Crippen molar-refractivity contribution in [1.82, 2.24) is 4.90 Å². The van der Waals surface area contributed by atoms with Gasteiger partial charge in [-0.25, -0.2) is 0 Å². The van der Waals surface area contributed by atoms with Crippen molar-refractivity contribution < 1.29 is 4.79 Å². The summed E-state index contributed by atoms with van der Waals surface area (Å²) >= 11 is 0. The van der Waals surface area contributed by atoms with Crippen molar-refractivity contribution in [1.29, 1.82) is 0 Å². The van der Waals surface area contributed by atoms with E-state index in [-0.39, 0.29) is 0 Å². The van der Waals surface area contributed by atoms with Gasteiger partial charge in [0.1, 0.15) is 5.78 Å². The normalized spacial score (nSPS) is 18.6. The molecule has 4 rings (SSSR count). The third kappa shape index (κ3) is 7.13. The molecule has 2 aliphatic rings. The van der Waals surface area contributed by atoms with Gasteiger partial charge in [0.05, 0.1) is 0 Å². The van der Waals surface area contributed by atoms with E-state index in [1.807, 2.05) is 6.92 Å². The van der Waals surface area contributed by atoms with E-state index < -0.39 is 0 Å². The van der Waals surface area contributed by atoms with Gasteiger partial charge >= 0.3 is 0 Å². The molecule has 2 aromatic carbocycles. The van der Waals surface area contributed by atoms with Gasteiger partial charge in [-0.05, 0) is 113 Å². The SMILES string of the molecule is C=C(C)C(CCC(=O)CC)Cc1cccc(C2CCN(C3CCN(c4ccc(C)cc4)CC3)CC2)c1C. The number of aryl methyl sites for hydroxylation is 1. The molecule has 0 bridgehead atoms. The highest BCUT2D eigenvalue weighted by Gasteiger charge is 2.29. The Balaban J connectivity index is 1.31. The second-order valence-electron chi connectivity index (χ2n) is 11.7. The maximum atomic E-state index is 11.9. The molecule has 0 aromatic heterocycles. The highest BCUT2D eigenvalue weighted by atomic mass is 16.1. The molecular formula is C34H48N2O. The first kappa shape index (κ1) is 27.6. The third-order valence-corrected chi connectivity index (χ3v) is 9.17. The fraction of sp³-hybridized carbons (Fsp3) is 0.559. The summed E-state index contributed by atoms with van der Waals surface area (Å²) in [5.74, 6) is 1.41. The molecule has 1 unspecified atom stereocenters. The molecule has 0 spiro atoms. The van der Waals surface area contributed by atoms with Crippen molar-refractivity contribution >= 4 is 11.5 Å². The van der Waals surface area contributed by atoms with Crippen LogP contribution in [-0.2, 0) is 11.2 Å². The number of carbonyl (C=O) groups excluding carboxylic acids is 1. The van der Waals surface area contributed by atoms with E-state index in [1.165, 1.54) is 79.8 Å². The third-order valence-electron chi connectivity index (χ3n) is 9.17. The number of Topliss-reactive ketones (excluding diaryl/α,β-unsaturated/α-hetero) is 1. The molecule has 0 aliphatic carbocycles. The Morgan fingerprint density at radius 1 is 0.973 bits per heavy atom. The molecule has 0 radical (unpaired) electrons. The lowest BCUT2D eigenvalue weighted by Crippen LogP contribution is -2.47. The summed E-state index contributed by atoms with van der Waals surface area (Å²) in [6, 6.07) is 16.7. The number of rotatable bonds is 10. The quantitative estimate of drug-likeness (QED) is 0.313. The van der Waals surface area contributed by atoms with Crippen LogP contribution in [0.25, 0.3) is 0 Å². The number of allylic oxidation sites excluding steroid dienone is 1. The van der Waals surface area contributed by atoms with Gasteiger partial charge in [-0.15, -0.1) is 0 Å². The van der Waals surface area contributed by atoms with Crippen LogP contribution in [-0.4, -0.2) is 42.9 Å². The lowest BCUT2D eigenvalue weighted by Gasteiger charge is -2.42. The van der Waals surface area contributed by atoms with E-state index in [0.717, 1.165) is 18.9 Å². The number of anilines is 1. The second kappa shape index (κ2) is 12.9. The predicted octanol–water partition coefficient (Wildman–Crippen LogP) is 7.65. The standard InChI is InChI=1S/C34H48N2O/c1-6-33(37)15-12-29(25(2)3)24-30-8-7-9-34(27(30)5)28-16-20-35(21-17-28)32-18-22-36(23-19-32)31-13-10-26(4)11-14-31/h7-11,13-14,28-29,32H,2,6,12,15-24H2,1,3-5H3. The monoisotopic (exact) mass is 500 g/mol. The molecule has 2 fully saturated rings. The van der Waals surface area contributed by atoms with Crippen LogP contribution in [0.15, 0.2) is 54.6 Å². The fourth-order valence-electron chi connectivity index (χ4n) is 6.49. The minimum atomic E-state index is 0.365. The van der Waals surface area contributed by atoms with Crippen molar-refractivity contribution in [3.05, 3.63) is 76.9 Å². The van der Waals surface area contributed by atoms with Crippen LogP contribution in [0.1, 0.15) is 87.0 Å². The van der Waals surface area contributed by atoms with Crippen LogP contribution in [0.2, 0.25) is 0 Å². The zero-order chi connectivity index (χ0) is 26.4. The molecule has 2 heterocycles. The first-order valence-electron chi connectivity index (χ1n) is 14.7. The number of nitrogens with zero attached hydrogens (tertiary/aromatic N) is 2. The van der Waals surface area contributed by atoms with Gasteiger partial charge in [-0.2, -0.15) is 0 Å². The minimum Gasteiger partial charge on any atom is -0.371 e. The lowest BCUT2D eigenvalue weighted by atomic mass is 9.81. The molecule has 3 nitrogen and oxygen atoms in total. The summed E-state index contributed by atoms with van der Waals surface area (Å²) in [7, 11) is 0. The van der Waals surface area contributed by atoms with Crippen molar-refractivity contribution in [2.45, 2.75) is 91.0 Å². The number of piperidine rings is 2. The number of benzene rings is 2. The van der Waals surface area contributed by atoms with E-state index in [1.54, 1.807) is 5.56 Å². The molecule has 0 saturated carbocycles. The molecule has 1 atom stereocenters. The smallest absolute Gasteiger partial charge is 0.132 e. The molecule has 3 heteroatoms. The van der Waals surface area contributed by atoms with Crippen LogP contribution in [0, 0.1) is 19.8 Å². The zero-order valence-electron chi connectivity index (χ0n) is 23.8. The Morgan fingerprint density at radius 3 is 2.27 bits per heavy atom. The number of hydrogen-bond donors (Lipinski definition) is 0. The van der Waals surface area contributed by atoms with E-state index in [2.05, 4.69) is 79.6 Å². The molecular weight excluding hydrogens is 452 g/mol. The van der Waals surface area contributed by atoms with E-state index in [4.69, 9.17) is 0 Å². The van der Waals surface area contributed by atoms with Gasteiger partial charge in [-0.3, -0.25) is 4.79 Å². The zero-order valence-corrected chi connectivity index (χ0v) is 23.8. The number of likely N-dealkylation sites (tertiary alicyclic amines) is 1.